The topological polar surface area (TPSA) is 738 Å². The van der Waals surface area contributed by atoms with E-state index in [2.05, 4.69) is 8.38 Å². The van der Waals surface area contributed by atoms with Gasteiger partial charge < -0.3 is 192 Å². The van der Waals surface area contributed by atoms with Crippen LogP contribution in [0.2, 0.25) is 0 Å². The Kier molecular flexibility index (Phi) is 47.6. The van der Waals surface area contributed by atoms with Crippen LogP contribution in [0.3, 0.4) is 0 Å². The molecule has 28 atom stereocenters. The van der Waals surface area contributed by atoms with Crippen molar-refractivity contribution >= 4 is 44.1 Å². The van der Waals surface area contributed by atoms with Crippen molar-refractivity contribution in [2.75, 3.05) is 70.9 Å². The molecule has 44 heteroatoms. The first-order valence-corrected chi connectivity index (χ1v) is 31.1. The summed E-state index contributed by atoms with van der Waals surface area (Å²) in [4.78, 5) is 43.6. The number of benzene rings is 2. The molecule has 0 bridgehead atoms. The Labute approximate surface area is 627 Å². The molecular weight excluding hydrogens is 1610 g/mol. The number of nitrogen functional groups attached to an aromatic ring is 2. The minimum atomic E-state index is -1.85. The van der Waals surface area contributed by atoms with Gasteiger partial charge in [0, 0.05) is 99.5 Å². The predicted octanol–water partition coefficient (Wildman–Crippen LogP) is -18.0. The van der Waals surface area contributed by atoms with Gasteiger partial charge in [0.15, 0.2) is 37.7 Å². The van der Waals surface area contributed by atoms with Gasteiger partial charge in [0.25, 0.3) is 0 Å². The summed E-state index contributed by atoms with van der Waals surface area (Å²) in [7, 11) is 3.75. The van der Waals surface area contributed by atoms with Gasteiger partial charge in [0.2, 0.25) is 0 Å². The smallest absolute Gasteiger partial charge is 0.550 e. The largest absolute Gasteiger partial charge is 1.00 e. The number of aldehydes is 2. The maximum Gasteiger partial charge on any atom is 1.00 e. The number of carboxylic acid groups (broad SMARTS) is 1. The number of Topliss-reactive ketones (excluding diaryl/α,β-unsaturated/α-hetero) is 1. The van der Waals surface area contributed by atoms with Gasteiger partial charge >= 0.3 is 18.9 Å². The standard InChI is InChI=1S/C24H37NO13.C12H25NO10.C12H22O11.C11H13NO4.BH.Li.U/c25-15-8-14(5-3-12(15)9-26)36-7-1-2-13(29)4-6-16(30)19(32)23(17(31)10-27)38-24-22(35)21(34)20(33)18(11-28)37-24;13-1-4(16)7(18)11(5(17)2-14)23-12-10(21)9(20)8(19)6(3-15)22-12;13-1-3-5(15)6(16)9(19)12(22-3)23-10-4(2-14)21-11(20)8(18)7(10)17;12-10-6-9(4-3-8(10)7-13)16-5-1-2-11(14)15;;;/h3,5,8-9,16-24,27-28,30-35H,1-2,4,6-7,10-11,25H2;4-12,14-21H,1-3,13H2;3-20H,1-2H2;3-4,6-7H,1-2,5,12H2,(H,14,15);1H;;/q;;;;;+1;/p-1/t16-,17?,18?,19?,20+,21?,22+,23-,24+;4-,5?,6?,7?,8+,9?,10+,11-,12+;3?,4?,5-,6?,7?,8-,9-,10+,11+,12-;;;;/m110..../s1/i;;;;1T;;. The van der Waals surface area contributed by atoms with Gasteiger partial charge in [-0.3, -0.25) is 14.4 Å². The SMILES string of the molecule is NC[C@@H](O)C(O)[C@H](O[C@@H]1OC(CO)[C@H](O)C(O)[C@@H]1O)C(O)CO.Nc1cc(OCCCC(=O)CC[C@@H](O)C(O)[C@H](O[C@@H]2OC(CO)[C@H](O)C(O)[C@@H]2O)C(O)CO)ccc1C=O.Nc1cc(OCCCC(=O)[O-])ccc1C=O.OCC1O[C@@H](O[C@@H]2C(CO)O[C@@H](O)[C@@H](O)C2O)[C@@H](O)C(O)[C@H]1O.[3H][B].[Li+].[U]. The van der Waals surface area contributed by atoms with Crippen molar-refractivity contribution < 1.29 is 239 Å². The van der Waals surface area contributed by atoms with Gasteiger partial charge in [-0.1, -0.05) is 0 Å². The van der Waals surface area contributed by atoms with Gasteiger partial charge in [0.1, 0.15) is 152 Å². The van der Waals surface area contributed by atoms with E-state index < -0.39 is 217 Å². The van der Waals surface area contributed by atoms with Crippen LogP contribution in [0.1, 0.15) is 59.2 Å². The van der Waals surface area contributed by atoms with E-state index in [1.54, 1.807) is 18.2 Å². The van der Waals surface area contributed by atoms with Gasteiger partial charge in [-0.2, -0.15) is 0 Å². The van der Waals surface area contributed by atoms with E-state index >= 15 is 0 Å². The fourth-order valence-corrected chi connectivity index (χ4v) is 9.79. The first-order chi connectivity index (χ1) is 48.2. The van der Waals surface area contributed by atoms with Crippen LogP contribution in [0.5, 0.6) is 11.5 Å². The van der Waals surface area contributed by atoms with Crippen molar-refractivity contribution in [2.24, 2.45) is 5.73 Å². The summed E-state index contributed by atoms with van der Waals surface area (Å²) < 4.78 is 52.0. The molecule has 584 valence electrons. The predicted molar refractivity (Wildman–Crippen MR) is 334 cm³/mol. The molecule has 41 nitrogen and oxygen atoms in total. The average molecular weight is 1710 g/mol. The second-order valence-electron chi connectivity index (χ2n) is 23.1. The Balaban J connectivity index is 0.00000140. The number of carbonyl (C=O) groups is 4. The molecule has 12 unspecified atom stereocenters. The Morgan fingerprint density at radius 3 is 1.25 bits per heavy atom. The average Bonchev–Trinajstić information content (AvgIpc) is 0.799. The van der Waals surface area contributed by atoms with Crippen molar-refractivity contribution in [1.82, 2.24) is 0 Å². The summed E-state index contributed by atoms with van der Waals surface area (Å²) in [6, 6.07) is 9.27. The van der Waals surface area contributed by atoms with Crippen LogP contribution in [0.15, 0.2) is 36.4 Å². The number of aliphatic hydroxyl groups excluding tert-OH is 24. The number of aliphatic carboxylic acids is 1. The zero-order valence-electron chi connectivity index (χ0n) is 56.6. The molecular formula is C59H97BLiN3O38U. The van der Waals surface area contributed by atoms with Crippen molar-refractivity contribution in [3.63, 3.8) is 0 Å². The second kappa shape index (κ2) is 50.3. The van der Waals surface area contributed by atoms with Crippen LogP contribution in [0, 0.1) is 31.1 Å². The van der Waals surface area contributed by atoms with Crippen molar-refractivity contribution in [3.8, 4) is 11.5 Å². The first kappa shape index (κ1) is 97.6. The molecule has 0 spiro atoms. The first-order valence-electron chi connectivity index (χ1n) is 31.7. The van der Waals surface area contributed by atoms with E-state index in [0.717, 1.165) is 0 Å². The van der Waals surface area contributed by atoms with Gasteiger partial charge in [-0.05, 0) is 51.3 Å². The third kappa shape index (κ3) is 29.8. The third-order valence-electron chi connectivity index (χ3n) is 15.8. The van der Waals surface area contributed by atoms with E-state index in [1.165, 1.54) is 18.2 Å². The second-order valence-corrected chi connectivity index (χ2v) is 23.1. The zero-order valence-corrected chi connectivity index (χ0v) is 59.8. The summed E-state index contributed by atoms with van der Waals surface area (Å²) in [6.07, 6.45) is -43.6. The fourth-order valence-electron chi connectivity index (χ4n) is 9.79. The summed E-state index contributed by atoms with van der Waals surface area (Å²) in [5.74, 6) is -0.391. The van der Waals surface area contributed by atoms with Crippen molar-refractivity contribution in [3.05, 3.63) is 47.5 Å². The summed E-state index contributed by atoms with van der Waals surface area (Å²) in [5.41, 5.74) is 17.8. The molecule has 4 saturated heterocycles. The van der Waals surface area contributed by atoms with Gasteiger partial charge in [-0.15, -0.1) is 0 Å². The Bertz CT molecular complexity index is 2670. The monoisotopic (exact) mass is 1710 g/mol. The molecule has 0 saturated carbocycles. The molecule has 2 radical (unpaired) electrons. The molecule has 0 amide bonds. The number of nitrogens with two attached hydrogens (primary N) is 3. The molecule has 103 heavy (non-hydrogen) atoms. The molecule has 4 heterocycles. The summed E-state index contributed by atoms with van der Waals surface area (Å²) in [6.45, 7) is -4.42. The Morgan fingerprint density at radius 2 is 0.893 bits per heavy atom. The van der Waals surface area contributed by atoms with Crippen LogP contribution >= 0.6 is 0 Å². The third-order valence-corrected chi connectivity index (χ3v) is 15.8. The molecule has 4 aliphatic rings. The molecule has 2 aromatic rings. The van der Waals surface area contributed by atoms with Gasteiger partial charge in [-0.25, -0.2) is 0 Å². The molecule has 30 N–H and O–H groups in total. The number of carbonyl (C=O) groups excluding carboxylic acids is 4. The van der Waals surface area contributed by atoms with Gasteiger partial charge in [0.05, 0.1) is 65.1 Å². The minimum absolute atomic E-state index is 0. The van der Waals surface area contributed by atoms with E-state index in [0.29, 0.717) is 53.7 Å². The number of hydrogen-bond donors (Lipinski definition) is 27. The normalized spacial score (nSPS) is 31.3. The quantitative estimate of drug-likeness (QED) is 0.0134. The van der Waals surface area contributed by atoms with Crippen LogP contribution in [0.4, 0.5) is 11.4 Å². The number of hydrogen-bond acceptors (Lipinski definition) is 41. The number of aliphatic hydroxyl groups is 24. The van der Waals surface area contributed by atoms with Crippen molar-refractivity contribution in [1.29, 1.82) is 1.34 Å². The number of carboxylic acids is 1. The zero-order chi connectivity index (χ0) is 77.4. The molecule has 2 aromatic carbocycles. The maximum atomic E-state index is 12.2. The summed E-state index contributed by atoms with van der Waals surface area (Å²) >= 11 is 0. The van der Waals surface area contributed by atoms with E-state index in [4.69, 9.17) is 76.5 Å². The molecule has 0 aliphatic carbocycles. The number of ether oxygens (including phenoxy) is 9. The Morgan fingerprint density at radius 1 is 0.515 bits per heavy atom. The van der Waals surface area contributed by atoms with Crippen molar-refractivity contribution in [2.45, 2.75) is 210 Å². The molecule has 4 aliphatic heterocycles. The molecule has 4 fully saturated rings. The number of rotatable bonds is 34. The Hall–Kier alpha value is -3.45. The number of anilines is 2. The molecule has 0 aromatic heterocycles. The van der Waals surface area contributed by atoms with Crippen LogP contribution < -0.4 is 50.6 Å². The van der Waals surface area contributed by atoms with Crippen LogP contribution in [-0.4, -0.2) is 388 Å². The van der Waals surface area contributed by atoms with Crippen LogP contribution in [0.25, 0.3) is 0 Å². The van der Waals surface area contributed by atoms with E-state index in [1.807, 2.05) is 0 Å². The fraction of sp³-hybridized carbons (Fsp3) is 0.729. The maximum absolute atomic E-state index is 12.2. The van der Waals surface area contributed by atoms with E-state index in [9.17, 15) is 132 Å². The van der Waals surface area contributed by atoms with Crippen LogP contribution in [-0.2, 0) is 42.7 Å². The van der Waals surface area contributed by atoms with E-state index in [-0.39, 0.29) is 107 Å². The minimum Gasteiger partial charge on any atom is -0.550 e. The summed E-state index contributed by atoms with van der Waals surface area (Å²) in [5, 5.41) is 243. The molecule has 6 rings (SSSR count). The number of ketones is 1.